The van der Waals surface area contributed by atoms with Crippen LogP contribution in [0.1, 0.15) is 37.0 Å². The van der Waals surface area contributed by atoms with Gasteiger partial charge in [-0.3, -0.25) is 18.7 Å². The van der Waals surface area contributed by atoms with Crippen LogP contribution in [0, 0.1) is 26.7 Å². The second-order valence-corrected chi connectivity index (χ2v) is 8.88. The summed E-state index contributed by atoms with van der Waals surface area (Å²) in [4.78, 5) is 38.6. The second-order valence-electron chi connectivity index (χ2n) is 7.96. The molecule has 6 nitrogen and oxygen atoms in total. The molecule has 3 aromatic rings. The highest BCUT2D eigenvalue weighted by molar-refractivity contribution is 7.17. The molecule has 7 heteroatoms. The number of fused-ring (bicyclic) bond motifs is 1. The molecule has 0 aliphatic heterocycles. The number of carbonyl (C=O) groups excluding carboxylic acids is 1. The fraction of sp³-hybridized carbons (Fsp3) is 0.409. The highest BCUT2D eigenvalue weighted by Gasteiger charge is 2.17. The van der Waals surface area contributed by atoms with E-state index in [0.29, 0.717) is 22.7 Å². The summed E-state index contributed by atoms with van der Waals surface area (Å²) in [6.07, 6.45) is 0.722. The lowest BCUT2D eigenvalue weighted by Crippen LogP contribution is -2.41. The maximum atomic E-state index is 13.0. The smallest absolute Gasteiger partial charge is 0.324 e. The maximum Gasteiger partial charge on any atom is 0.332 e. The molecule has 3 rings (SSSR count). The second kappa shape index (κ2) is 8.37. The first-order valence-corrected chi connectivity index (χ1v) is 10.7. The van der Waals surface area contributed by atoms with E-state index in [1.807, 2.05) is 46.8 Å². The normalized spacial score (nSPS) is 11.4. The highest BCUT2D eigenvalue weighted by atomic mass is 32.1. The van der Waals surface area contributed by atoms with Gasteiger partial charge in [0, 0.05) is 12.2 Å². The minimum atomic E-state index is -0.436. The van der Waals surface area contributed by atoms with Gasteiger partial charge in [-0.25, -0.2) is 4.79 Å². The Labute approximate surface area is 173 Å². The fourth-order valence-electron chi connectivity index (χ4n) is 3.57. The number of aryl methyl sites for hydroxylation is 3. The van der Waals surface area contributed by atoms with Gasteiger partial charge in [-0.2, -0.15) is 0 Å². The highest BCUT2D eigenvalue weighted by Crippen LogP contribution is 2.22. The standard InChI is InChI=1S/C22H27N3O3S/c1-13(2)6-8-24-21(27)20-17(7-9-29-20)25(22(24)28)12-18(26)23-19-15(4)10-14(3)11-16(19)5/h7,9-11,13H,6,8,12H2,1-5H3,(H,23,26). The van der Waals surface area contributed by atoms with Crippen molar-refractivity contribution in [3.8, 4) is 0 Å². The number of nitrogens with one attached hydrogen (secondary N) is 1. The zero-order valence-corrected chi connectivity index (χ0v) is 18.4. The van der Waals surface area contributed by atoms with Crippen LogP contribution in [0.5, 0.6) is 0 Å². The van der Waals surface area contributed by atoms with Gasteiger partial charge in [0.15, 0.2) is 0 Å². The average molecular weight is 414 g/mol. The first-order chi connectivity index (χ1) is 13.7. The van der Waals surface area contributed by atoms with E-state index in [0.717, 1.165) is 28.8 Å². The van der Waals surface area contributed by atoms with E-state index < -0.39 is 5.69 Å². The van der Waals surface area contributed by atoms with Gasteiger partial charge in [0.25, 0.3) is 5.56 Å². The molecule has 29 heavy (non-hydrogen) atoms. The monoisotopic (exact) mass is 413 g/mol. The number of anilines is 1. The van der Waals surface area contributed by atoms with E-state index in [1.54, 1.807) is 11.4 Å². The van der Waals surface area contributed by atoms with E-state index in [4.69, 9.17) is 0 Å². The number of nitrogens with zero attached hydrogens (tertiary/aromatic N) is 2. The maximum absolute atomic E-state index is 13.0. The summed E-state index contributed by atoms with van der Waals surface area (Å²) in [6, 6.07) is 5.75. The summed E-state index contributed by atoms with van der Waals surface area (Å²) in [7, 11) is 0. The Morgan fingerprint density at radius 3 is 2.38 bits per heavy atom. The molecule has 0 saturated heterocycles. The third-order valence-electron chi connectivity index (χ3n) is 5.01. The van der Waals surface area contributed by atoms with Crippen molar-refractivity contribution in [2.75, 3.05) is 5.32 Å². The van der Waals surface area contributed by atoms with Crippen LogP contribution in [0.3, 0.4) is 0 Å². The number of hydrogen-bond donors (Lipinski definition) is 1. The lowest BCUT2D eigenvalue weighted by molar-refractivity contribution is -0.116. The summed E-state index contributed by atoms with van der Waals surface area (Å²) in [6.45, 7) is 10.2. The Kier molecular flexibility index (Phi) is 6.07. The quantitative estimate of drug-likeness (QED) is 0.667. The molecule has 1 amide bonds. The van der Waals surface area contributed by atoms with Gasteiger partial charge in [-0.15, -0.1) is 11.3 Å². The van der Waals surface area contributed by atoms with E-state index in [1.165, 1.54) is 20.5 Å². The molecule has 0 radical (unpaired) electrons. The van der Waals surface area contributed by atoms with Gasteiger partial charge in [-0.1, -0.05) is 31.5 Å². The SMILES string of the molecule is Cc1cc(C)c(NC(=O)Cn2c(=O)n(CCC(C)C)c(=O)c3sccc32)c(C)c1. The summed E-state index contributed by atoms with van der Waals surface area (Å²) < 4.78 is 3.17. The summed E-state index contributed by atoms with van der Waals surface area (Å²) in [5, 5.41) is 4.72. The molecule has 0 bridgehead atoms. The zero-order valence-electron chi connectivity index (χ0n) is 17.5. The van der Waals surface area contributed by atoms with Crippen LogP contribution in [0.2, 0.25) is 0 Å². The van der Waals surface area contributed by atoms with E-state index in [-0.39, 0.29) is 18.0 Å². The zero-order chi connectivity index (χ0) is 21.3. The van der Waals surface area contributed by atoms with E-state index in [2.05, 4.69) is 5.32 Å². The van der Waals surface area contributed by atoms with Crippen LogP contribution in [0.15, 0.2) is 33.2 Å². The van der Waals surface area contributed by atoms with Crippen LogP contribution < -0.4 is 16.6 Å². The van der Waals surface area contributed by atoms with Crippen LogP contribution >= 0.6 is 11.3 Å². The van der Waals surface area contributed by atoms with Gasteiger partial charge in [0.2, 0.25) is 5.91 Å². The van der Waals surface area contributed by atoms with Crippen LogP contribution in [-0.4, -0.2) is 15.0 Å². The molecule has 0 spiro atoms. The molecule has 0 atom stereocenters. The van der Waals surface area contributed by atoms with Crippen molar-refractivity contribution in [3.63, 3.8) is 0 Å². The van der Waals surface area contributed by atoms with Gasteiger partial charge in [0.05, 0.1) is 5.52 Å². The number of hydrogen-bond acceptors (Lipinski definition) is 4. The van der Waals surface area contributed by atoms with Crippen molar-refractivity contribution in [2.24, 2.45) is 5.92 Å². The van der Waals surface area contributed by atoms with Crippen molar-refractivity contribution in [3.05, 3.63) is 61.1 Å². The molecule has 154 valence electrons. The number of rotatable bonds is 6. The Balaban J connectivity index is 1.98. The molecule has 0 saturated carbocycles. The third kappa shape index (κ3) is 4.34. The van der Waals surface area contributed by atoms with Gasteiger partial charge in [0.1, 0.15) is 11.2 Å². The predicted octanol–water partition coefficient (Wildman–Crippen LogP) is 3.83. The van der Waals surface area contributed by atoms with Crippen molar-refractivity contribution in [1.82, 2.24) is 9.13 Å². The largest absolute Gasteiger partial charge is 0.332 e. The molecule has 0 unspecified atom stereocenters. The Hall–Kier alpha value is -2.67. The Morgan fingerprint density at radius 1 is 1.10 bits per heavy atom. The predicted molar refractivity (Wildman–Crippen MR) is 119 cm³/mol. The molecule has 0 aliphatic rings. The molecular weight excluding hydrogens is 386 g/mol. The minimum Gasteiger partial charge on any atom is -0.324 e. The molecule has 2 heterocycles. The first kappa shape index (κ1) is 21.0. The molecule has 0 aliphatic carbocycles. The number of aromatic nitrogens is 2. The van der Waals surface area contributed by atoms with Crippen molar-refractivity contribution >= 4 is 33.1 Å². The number of amides is 1. The van der Waals surface area contributed by atoms with Crippen LogP contribution in [0.25, 0.3) is 10.2 Å². The summed E-state index contributed by atoms with van der Waals surface area (Å²) in [5.41, 5.74) is 3.65. The number of benzene rings is 1. The Bertz CT molecular complexity index is 1160. The summed E-state index contributed by atoms with van der Waals surface area (Å²) >= 11 is 1.30. The van der Waals surface area contributed by atoms with Gasteiger partial charge < -0.3 is 5.32 Å². The van der Waals surface area contributed by atoms with Crippen molar-refractivity contribution in [1.29, 1.82) is 0 Å². The number of carbonyl (C=O) groups is 1. The van der Waals surface area contributed by atoms with Gasteiger partial charge in [-0.05, 0) is 55.7 Å². The molecule has 1 N–H and O–H groups in total. The van der Waals surface area contributed by atoms with Gasteiger partial charge >= 0.3 is 5.69 Å². The first-order valence-electron chi connectivity index (χ1n) is 9.77. The number of thiophene rings is 1. The molecule has 0 fully saturated rings. The lowest BCUT2D eigenvalue weighted by atomic mass is 10.1. The van der Waals surface area contributed by atoms with E-state index >= 15 is 0 Å². The minimum absolute atomic E-state index is 0.138. The van der Waals surface area contributed by atoms with Crippen LogP contribution in [-0.2, 0) is 17.9 Å². The fourth-order valence-corrected chi connectivity index (χ4v) is 4.41. The molecular formula is C22H27N3O3S. The average Bonchev–Trinajstić information content (AvgIpc) is 3.11. The topological polar surface area (TPSA) is 73.1 Å². The van der Waals surface area contributed by atoms with Crippen molar-refractivity contribution in [2.45, 2.75) is 54.1 Å². The van der Waals surface area contributed by atoms with E-state index in [9.17, 15) is 14.4 Å². The molecule has 2 aromatic heterocycles. The Morgan fingerprint density at radius 2 is 1.76 bits per heavy atom. The van der Waals surface area contributed by atoms with Crippen LogP contribution in [0.4, 0.5) is 5.69 Å². The lowest BCUT2D eigenvalue weighted by Gasteiger charge is -2.15. The van der Waals surface area contributed by atoms with Crippen molar-refractivity contribution < 1.29 is 4.79 Å². The summed E-state index contributed by atoms with van der Waals surface area (Å²) in [5.74, 6) is 0.0771. The third-order valence-corrected chi connectivity index (χ3v) is 5.90. The molecule has 1 aromatic carbocycles.